The summed E-state index contributed by atoms with van der Waals surface area (Å²) in [4.78, 5) is 2.55. The molecule has 0 bridgehead atoms. The quantitative estimate of drug-likeness (QED) is 0.850. The van der Waals surface area contributed by atoms with Crippen molar-refractivity contribution in [2.45, 2.75) is 33.2 Å². The van der Waals surface area contributed by atoms with Crippen molar-refractivity contribution in [2.75, 3.05) is 18.8 Å². The van der Waals surface area contributed by atoms with E-state index in [9.17, 15) is 0 Å². The SMILES string of the molecule is CC(C)C1CCN(Cc2cccc(N)c2)CC1.Cl. The van der Waals surface area contributed by atoms with Gasteiger partial charge in [0.15, 0.2) is 0 Å². The van der Waals surface area contributed by atoms with Crippen LogP contribution in [0.1, 0.15) is 32.3 Å². The van der Waals surface area contributed by atoms with Gasteiger partial charge < -0.3 is 5.73 Å². The van der Waals surface area contributed by atoms with Gasteiger partial charge in [0, 0.05) is 12.2 Å². The van der Waals surface area contributed by atoms with Crippen molar-refractivity contribution < 1.29 is 0 Å². The normalized spacial score (nSPS) is 17.7. The van der Waals surface area contributed by atoms with Gasteiger partial charge in [-0.2, -0.15) is 0 Å². The second kappa shape index (κ2) is 7.01. The van der Waals surface area contributed by atoms with Crippen LogP contribution < -0.4 is 5.73 Å². The Kier molecular flexibility index (Phi) is 5.97. The summed E-state index contributed by atoms with van der Waals surface area (Å²) in [5.41, 5.74) is 8.02. The maximum Gasteiger partial charge on any atom is 0.0317 e. The van der Waals surface area contributed by atoms with Crippen LogP contribution in [0.4, 0.5) is 5.69 Å². The predicted octanol–water partition coefficient (Wildman–Crippen LogP) is 3.56. The molecule has 0 spiro atoms. The maximum atomic E-state index is 5.81. The van der Waals surface area contributed by atoms with Crippen LogP contribution >= 0.6 is 12.4 Å². The second-order valence-electron chi connectivity index (χ2n) is 5.60. The van der Waals surface area contributed by atoms with E-state index in [0.717, 1.165) is 24.1 Å². The molecule has 3 heteroatoms. The molecule has 1 heterocycles. The van der Waals surface area contributed by atoms with Crippen LogP contribution in [0.15, 0.2) is 24.3 Å². The Morgan fingerprint density at radius 1 is 1.28 bits per heavy atom. The molecule has 0 radical (unpaired) electrons. The molecule has 0 amide bonds. The Morgan fingerprint density at radius 3 is 2.50 bits per heavy atom. The highest BCUT2D eigenvalue weighted by atomic mass is 35.5. The van der Waals surface area contributed by atoms with E-state index in [0.29, 0.717) is 0 Å². The van der Waals surface area contributed by atoms with Gasteiger partial charge in [0.25, 0.3) is 0 Å². The van der Waals surface area contributed by atoms with Crippen molar-refractivity contribution in [1.82, 2.24) is 4.90 Å². The molecule has 2 rings (SSSR count). The molecular weight excluding hydrogens is 244 g/mol. The van der Waals surface area contributed by atoms with Crippen molar-refractivity contribution in [2.24, 2.45) is 11.8 Å². The van der Waals surface area contributed by atoms with Gasteiger partial charge in [-0.05, 0) is 55.5 Å². The molecule has 1 aromatic carbocycles. The summed E-state index contributed by atoms with van der Waals surface area (Å²) in [6.45, 7) is 8.21. The van der Waals surface area contributed by atoms with Crippen LogP contribution in [0.3, 0.4) is 0 Å². The molecule has 0 aliphatic carbocycles. The summed E-state index contributed by atoms with van der Waals surface area (Å²) < 4.78 is 0. The van der Waals surface area contributed by atoms with E-state index in [1.54, 1.807) is 0 Å². The van der Waals surface area contributed by atoms with Gasteiger partial charge in [-0.1, -0.05) is 26.0 Å². The minimum atomic E-state index is 0. The largest absolute Gasteiger partial charge is 0.399 e. The van der Waals surface area contributed by atoms with Crippen molar-refractivity contribution in [3.63, 3.8) is 0 Å². The van der Waals surface area contributed by atoms with Crippen molar-refractivity contribution in [3.05, 3.63) is 29.8 Å². The lowest BCUT2D eigenvalue weighted by molar-refractivity contribution is 0.152. The Balaban J connectivity index is 0.00000162. The summed E-state index contributed by atoms with van der Waals surface area (Å²) in [5, 5.41) is 0. The number of nitrogens with zero attached hydrogens (tertiary/aromatic N) is 1. The molecule has 1 fully saturated rings. The number of halogens is 1. The third-order valence-corrected chi connectivity index (χ3v) is 3.93. The Morgan fingerprint density at radius 2 is 1.94 bits per heavy atom. The first-order valence-corrected chi connectivity index (χ1v) is 6.72. The van der Waals surface area contributed by atoms with E-state index in [1.807, 2.05) is 12.1 Å². The van der Waals surface area contributed by atoms with Gasteiger partial charge in [0.2, 0.25) is 0 Å². The van der Waals surface area contributed by atoms with Crippen molar-refractivity contribution in [1.29, 1.82) is 0 Å². The second-order valence-corrected chi connectivity index (χ2v) is 5.60. The number of rotatable bonds is 3. The fraction of sp³-hybridized carbons (Fsp3) is 0.600. The zero-order valence-corrected chi connectivity index (χ0v) is 12.2. The van der Waals surface area contributed by atoms with E-state index in [1.165, 1.54) is 31.5 Å². The van der Waals surface area contributed by atoms with Crippen LogP contribution in [-0.4, -0.2) is 18.0 Å². The molecule has 1 aliphatic rings. The van der Waals surface area contributed by atoms with Crippen molar-refractivity contribution >= 4 is 18.1 Å². The van der Waals surface area contributed by atoms with Crippen LogP contribution in [-0.2, 0) is 6.54 Å². The van der Waals surface area contributed by atoms with Gasteiger partial charge in [0.1, 0.15) is 0 Å². The number of nitrogens with two attached hydrogens (primary N) is 1. The summed E-state index contributed by atoms with van der Waals surface area (Å²) >= 11 is 0. The third kappa shape index (κ3) is 4.18. The Labute approximate surface area is 117 Å². The number of piperidine rings is 1. The minimum Gasteiger partial charge on any atom is -0.399 e. The number of benzene rings is 1. The first kappa shape index (κ1) is 15.3. The van der Waals surface area contributed by atoms with Gasteiger partial charge in [-0.15, -0.1) is 12.4 Å². The molecule has 102 valence electrons. The monoisotopic (exact) mass is 268 g/mol. The Bertz CT molecular complexity index is 357. The fourth-order valence-electron chi connectivity index (χ4n) is 2.73. The highest BCUT2D eigenvalue weighted by Gasteiger charge is 2.21. The summed E-state index contributed by atoms with van der Waals surface area (Å²) in [6.07, 6.45) is 2.69. The summed E-state index contributed by atoms with van der Waals surface area (Å²) in [6, 6.07) is 8.26. The Hall–Kier alpha value is -0.730. The minimum absolute atomic E-state index is 0. The van der Waals surface area contributed by atoms with Gasteiger partial charge in [-0.25, -0.2) is 0 Å². The average molecular weight is 269 g/mol. The maximum absolute atomic E-state index is 5.81. The van der Waals surface area contributed by atoms with Gasteiger partial charge in [0.05, 0.1) is 0 Å². The molecule has 1 aliphatic heterocycles. The summed E-state index contributed by atoms with van der Waals surface area (Å²) in [7, 11) is 0. The molecule has 0 saturated carbocycles. The molecule has 18 heavy (non-hydrogen) atoms. The molecule has 0 unspecified atom stereocenters. The van der Waals surface area contributed by atoms with E-state index < -0.39 is 0 Å². The first-order chi connectivity index (χ1) is 8.15. The topological polar surface area (TPSA) is 29.3 Å². The zero-order chi connectivity index (χ0) is 12.3. The van der Waals surface area contributed by atoms with Crippen molar-refractivity contribution in [3.8, 4) is 0 Å². The highest BCUT2D eigenvalue weighted by molar-refractivity contribution is 5.85. The van der Waals surface area contributed by atoms with Crippen LogP contribution in [0.5, 0.6) is 0 Å². The number of hydrogen-bond acceptors (Lipinski definition) is 2. The third-order valence-electron chi connectivity index (χ3n) is 3.93. The summed E-state index contributed by atoms with van der Waals surface area (Å²) in [5.74, 6) is 1.76. The molecular formula is C15H25ClN2. The van der Waals surface area contributed by atoms with Crippen LogP contribution in [0, 0.1) is 11.8 Å². The van der Waals surface area contributed by atoms with Crippen LogP contribution in [0.2, 0.25) is 0 Å². The number of likely N-dealkylation sites (tertiary alicyclic amines) is 1. The molecule has 1 aromatic rings. The number of nitrogen functional groups attached to an aromatic ring is 1. The lowest BCUT2D eigenvalue weighted by Gasteiger charge is -2.33. The lowest BCUT2D eigenvalue weighted by atomic mass is 9.86. The molecule has 0 aromatic heterocycles. The first-order valence-electron chi connectivity index (χ1n) is 6.72. The van der Waals surface area contributed by atoms with Gasteiger partial charge in [-0.3, -0.25) is 4.90 Å². The van der Waals surface area contributed by atoms with E-state index >= 15 is 0 Å². The van der Waals surface area contributed by atoms with Crippen LogP contribution in [0.25, 0.3) is 0 Å². The standard InChI is InChI=1S/C15H24N2.ClH/c1-12(2)14-6-8-17(9-7-14)11-13-4-3-5-15(16)10-13;/h3-5,10,12,14H,6-9,11,16H2,1-2H3;1H. The predicted molar refractivity (Wildman–Crippen MR) is 80.9 cm³/mol. The lowest BCUT2D eigenvalue weighted by Crippen LogP contribution is -2.34. The molecule has 2 N–H and O–H groups in total. The van der Waals surface area contributed by atoms with E-state index in [2.05, 4.69) is 30.9 Å². The fourth-order valence-corrected chi connectivity index (χ4v) is 2.73. The molecule has 1 saturated heterocycles. The van der Waals surface area contributed by atoms with E-state index in [4.69, 9.17) is 5.73 Å². The molecule has 2 nitrogen and oxygen atoms in total. The molecule has 0 atom stereocenters. The number of hydrogen-bond donors (Lipinski definition) is 1. The van der Waals surface area contributed by atoms with Gasteiger partial charge >= 0.3 is 0 Å². The zero-order valence-electron chi connectivity index (χ0n) is 11.4. The average Bonchev–Trinajstić information content (AvgIpc) is 2.29. The smallest absolute Gasteiger partial charge is 0.0317 e. The van der Waals surface area contributed by atoms with E-state index in [-0.39, 0.29) is 12.4 Å². The highest BCUT2D eigenvalue weighted by Crippen LogP contribution is 2.25. The number of anilines is 1.